The van der Waals surface area contributed by atoms with E-state index in [-0.39, 0.29) is 0 Å². The zero-order valence-electron chi connectivity index (χ0n) is 9.34. The molecule has 0 N–H and O–H groups in total. The van der Waals surface area contributed by atoms with Crippen LogP contribution in [0, 0.1) is 0 Å². The fourth-order valence-corrected chi connectivity index (χ4v) is 2.60. The van der Waals surface area contributed by atoms with Gasteiger partial charge in [0, 0.05) is 10.8 Å². The van der Waals surface area contributed by atoms with E-state index in [0.29, 0.717) is 11.3 Å². The lowest BCUT2D eigenvalue weighted by atomic mass is 9.95. The Bertz CT molecular complexity index is 850. The third-order valence-corrected chi connectivity index (χ3v) is 3.36. The summed E-state index contributed by atoms with van der Waals surface area (Å²) in [7, 11) is 0. The van der Waals surface area contributed by atoms with Crippen molar-refractivity contribution in [1.29, 1.82) is 0 Å². The summed E-state index contributed by atoms with van der Waals surface area (Å²) in [5.41, 5.74) is 1.93. The van der Waals surface area contributed by atoms with E-state index in [0.717, 1.165) is 27.2 Å². The van der Waals surface area contributed by atoms with Crippen LogP contribution >= 0.6 is 0 Å². The SMILES string of the molecule is O=[C]c1c2c3ccccc3c3c(cccc13)N=N2. The minimum absolute atomic E-state index is 0.506. The molecular weight excluding hydrogens is 224 g/mol. The van der Waals surface area contributed by atoms with Crippen molar-refractivity contribution in [3.63, 3.8) is 0 Å². The molecule has 2 heterocycles. The highest BCUT2D eigenvalue weighted by Crippen LogP contribution is 2.44. The summed E-state index contributed by atoms with van der Waals surface area (Å²) in [6, 6.07) is 13.7. The second-order valence-electron chi connectivity index (χ2n) is 4.27. The van der Waals surface area contributed by atoms with Crippen LogP contribution in [0.15, 0.2) is 52.7 Å². The summed E-state index contributed by atoms with van der Waals surface area (Å²) in [5.74, 6) is 0. The Balaban J connectivity index is 2.47. The average Bonchev–Trinajstić information content (AvgIpc) is 2.64. The van der Waals surface area contributed by atoms with Crippen LogP contribution < -0.4 is 0 Å². The van der Waals surface area contributed by atoms with E-state index in [4.69, 9.17) is 0 Å². The summed E-state index contributed by atoms with van der Waals surface area (Å²) < 4.78 is 0. The van der Waals surface area contributed by atoms with Gasteiger partial charge in [-0.25, -0.2) is 0 Å². The maximum absolute atomic E-state index is 11.2. The maximum Gasteiger partial charge on any atom is 0.236 e. The van der Waals surface area contributed by atoms with Crippen molar-refractivity contribution in [2.24, 2.45) is 10.2 Å². The van der Waals surface area contributed by atoms with Gasteiger partial charge < -0.3 is 0 Å². The van der Waals surface area contributed by atoms with Crippen molar-refractivity contribution in [3.05, 3.63) is 48.0 Å². The van der Waals surface area contributed by atoms with E-state index in [2.05, 4.69) is 10.2 Å². The number of hydrogen-bond acceptors (Lipinski definition) is 3. The molecule has 3 aromatic carbocycles. The van der Waals surface area contributed by atoms with Gasteiger partial charge in [-0.1, -0.05) is 36.4 Å². The van der Waals surface area contributed by atoms with Gasteiger partial charge in [-0.05, 0) is 16.8 Å². The Labute approximate surface area is 103 Å². The molecule has 0 spiro atoms. The van der Waals surface area contributed by atoms with Crippen LogP contribution in [0.25, 0.3) is 21.5 Å². The largest absolute Gasteiger partial charge is 0.285 e. The van der Waals surface area contributed by atoms with Gasteiger partial charge in [-0.15, -0.1) is 10.2 Å². The maximum atomic E-state index is 11.2. The van der Waals surface area contributed by atoms with Gasteiger partial charge in [0.15, 0.2) is 0 Å². The van der Waals surface area contributed by atoms with E-state index in [1.165, 1.54) is 0 Å². The molecule has 83 valence electrons. The summed E-state index contributed by atoms with van der Waals surface area (Å²) >= 11 is 0. The fraction of sp³-hybridized carbons (Fsp3) is 0. The number of azo groups is 1. The van der Waals surface area contributed by atoms with Crippen LogP contribution in [0.2, 0.25) is 0 Å². The molecule has 4 bridgehead atoms. The van der Waals surface area contributed by atoms with E-state index in [1.807, 2.05) is 48.8 Å². The smallest absolute Gasteiger partial charge is 0.236 e. The highest BCUT2D eigenvalue weighted by Gasteiger charge is 2.19. The molecule has 3 aromatic rings. The normalized spacial score (nSPS) is 12.4. The summed E-state index contributed by atoms with van der Waals surface area (Å²) in [4.78, 5) is 11.2. The lowest BCUT2D eigenvalue weighted by Gasteiger charge is -2.07. The Morgan fingerprint density at radius 3 is 2.44 bits per heavy atom. The zero-order valence-corrected chi connectivity index (χ0v) is 9.34. The average molecular weight is 231 g/mol. The van der Waals surface area contributed by atoms with Crippen molar-refractivity contribution < 1.29 is 4.79 Å². The molecule has 0 saturated heterocycles. The second kappa shape index (κ2) is 3.23. The van der Waals surface area contributed by atoms with Crippen molar-refractivity contribution in [2.75, 3.05) is 0 Å². The monoisotopic (exact) mass is 231 g/mol. The van der Waals surface area contributed by atoms with Crippen LogP contribution in [-0.2, 0) is 4.79 Å². The standard InChI is InChI=1S/C15H7N2O/c18-8-12-10-6-3-7-13-14(10)9-4-1-2-5-11(9)15(12)17-16-13/h1-7H. The highest BCUT2D eigenvalue weighted by atomic mass is 16.1. The lowest BCUT2D eigenvalue weighted by Crippen LogP contribution is -1.86. The van der Waals surface area contributed by atoms with E-state index in [9.17, 15) is 4.79 Å². The van der Waals surface area contributed by atoms with E-state index < -0.39 is 0 Å². The minimum atomic E-state index is 0.506. The number of nitrogens with zero attached hydrogens (tertiary/aromatic N) is 2. The number of benzene rings is 3. The van der Waals surface area contributed by atoms with E-state index >= 15 is 0 Å². The van der Waals surface area contributed by atoms with Gasteiger partial charge in [0.25, 0.3) is 0 Å². The van der Waals surface area contributed by atoms with Crippen LogP contribution in [0.4, 0.5) is 11.4 Å². The van der Waals surface area contributed by atoms with Gasteiger partial charge in [-0.2, -0.15) is 0 Å². The summed E-state index contributed by atoms with van der Waals surface area (Å²) in [6.45, 7) is 0. The topological polar surface area (TPSA) is 41.8 Å². The summed E-state index contributed by atoms with van der Waals surface area (Å²) in [6.07, 6.45) is 2.01. The molecule has 2 aliphatic heterocycles. The lowest BCUT2D eigenvalue weighted by molar-refractivity contribution is 0.563. The van der Waals surface area contributed by atoms with Gasteiger partial charge in [0.2, 0.25) is 6.29 Å². The molecule has 0 unspecified atom stereocenters. The Kier molecular flexibility index (Phi) is 1.70. The van der Waals surface area contributed by atoms with Gasteiger partial charge in [0.05, 0.1) is 11.3 Å². The number of carbonyl (C=O) groups excluding carboxylic acids is 1. The van der Waals surface area contributed by atoms with Crippen LogP contribution in [0.1, 0.15) is 5.56 Å². The molecule has 18 heavy (non-hydrogen) atoms. The molecule has 3 nitrogen and oxygen atoms in total. The highest BCUT2D eigenvalue weighted by molar-refractivity contribution is 6.23. The zero-order chi connectivity index (χ0) is 12.1. The molecule has 5 rings (SSSR count). The number of hydrogen-bond donors (Lipinski definition) is 0. The Morgan fingerprint density at radius 2 is 1.61 bits per heavy atom. The molecule has 3 heteroatoms. The first-order chi connectivity index (χ1) is 8.90. The quantitative estimate of drug-likeness (QED) is 0.453. The third-order valence-electron chi connectivity index (χ3n) is 3.36. The first kappa shape index (κ1) is 9.48. The molecule has 2 aliphatic rings. The molecule has 0 saturated carbocycles. The van der Waals surface area contributed by atoms with Crippen molar-refractivity contribution >= 4 is 39.2 Å². The van der Waals surface area contributed by atoms with Gasteiger partial charge >= 0.3 is 0 Å². The molecule has 1 radical (unpaired) electrons. The van der Waals surface area contributed by atoms with Crippen molar-refractivity contribution in [3.8, 4) is 0 Å². The third kappa shape index (κ3) is 1.01. The van der Waals surface area contributed by atoms with Crippen LogP contribution in [-0.4, -0.2) is 6.29 Å². The molecule has 0 fully saturated rings. The minimum Gasteiger partial charge on any atom is -0.285 e. The first-order valence-electron chi connectivity index (χ1n) is 5.67. The van der Waals surface area contributed by atoms with Crippen molar-refractivity contribution in [1.82, 2.24) is 0 Å². The molecule has 0 atom stereocenters. The molecule has 0 aliphatic carbocycles. The summed E-state index contributed by atoms with van der Waals surface area (Å²) in [5, 5.41) is 12.3. The predicted molar refractivity (Wildman–Crippen MR) is 70.4 cm³/mol. The van der Waals surface area contributed by atoms with Crippen LogP contribution in [0.5, 0.6) is 0 Å². The molecule has 0 aromatic heterocycles. The predicted octanol–water partition coefficient (Wildman–Crippen LogP) is 4.18. The fourth-order valence-electron chi connectivity index (χ4n) is 2.60. The number of rotatable bonds is 1. The van der Waals surface area contributed by atoms with Gasteiger partial charge in [-0.3, -0.25) is 4.79 Å². The molecule has 0 amide bonds. The van der Waals surface area contributed by atoms with Gasteiger partial charge in [0.1, 0.15) is 5.69 Å². The Hall–Kier alpha value is -2.55. The Morgan fingerprint density at radius 1 is 0.833 bits per heavy atom. The van der Waals surface area contributed by atoms with Crippen LogP contribution in [0.3, 0.4) is 0 Å². The van der Waals surface area contributed by atoms with E-state index in [1.54, 1.807) is 0 Å². The van der Waals surface area contributed by atoms with Crippen molar-refractivity contribution in [2.45, 2.75) is 0 Å². The first-order valence-corrected chi connectivity index (χ1v) is 5.67. The molecular formula is C15H7N2O. The second-order valence-corrected chi connectivity index (χ2v) is 4.27.